The summed E-state index contributed by atoms with van der Waals surface area (Å²) in [6.07, 6.45) is 0.625. The molecule has 18 heavy (non-hydrogen) atoms. The highest BCUT2D eigenvalue weighted by Gasteiger charge is 2.07. The van der Waals surface area contributed by atoms with Gasteiger partial charge < -0.3 is 15.2 Å². The van der Waals surface area contributed by atoms with Gasteiger partial charge in [0, 0.05) is 16.7 Å². The van der Waals surface area contributed by atoms with Gasteiger partial charge in [-0.25, -0.2) is 0 Å². The van der Waals surface area contributed by atoms with Crippen molar-refractivity contribution in [1.82, 2.24) is 0 Å². The SMILES string of the molecule is CCc1cc(Br)ccc1NCC(O)COC(C)C. The second-order valence-corrected chi connectivity index (χ2v) is 5.49. The summed E-state index contributed by atoms with van der Waals surface area (Å²) in [5.74, 6) is 0. The fourth-order valence-electron chi connectivity index (χ4n) is 1.62. The number of aliphatic hydroxyl groups is 1. The Morgan fingerprint density at radius 3 is 2.72 bits per heavy atom. The van der Waals surface area contributed by atoms with Crippen LogP contribution >= 0.6 is 15.9 Å². The number of hydrogen-bond donors (Lipinski definition) is 2. The van der Waals surface area contributed by atoms with E-state index < -0.39 is 6.10 Å². The van der Waals surface area contributed by atoms with Crippen LogP contribution in [0.15, 0.2) is 22.7 Å². The minimum absolute atomic E-state index is 0.151. The van der Waals surface area contributed by atoms with Crippen LogP contribution in [0, 0.1) is 0 Å². The van der Waals surface area contributed by atoms with Crippen molar-refractivity contribution in [3.8, 4) is 0 Å². The van der Waals surface area contributed by atoms with E-state index in [1.54, 1.807) is 0 Å². The lowest BCUT2D eigenvalue weighted by molar-refractivity contribution is 0.0112. The van der Waals surface area contributed by atoms with Gasteiger partial charge in [-0.05, 0) is 44.0 Å². The Kier molecular flexibility index (Phi) is 6.68. The molecule has 3 nitrogen and oxygen atoms in total. The van der Waals surface area contributed by atoms with Crippen LogP contribution in [0.1, 0.15) is 26.3 Å². The van der Waals surface area contributed by atoms with Crippen LogP contribution in [0.25, 0.3) is 0 Å². The predicted molar refractivity (Wildman–Crippen MR) is 79.1 cm³/mol. The fraction of sp³-hybridized carbons (Fsp3) is 0.571. The highest BCUT2D eigenvalue weighted by molar-refractivity contribution is 9.10. The maximum Gasteiger partial charge on any atom is 0.0945 e. The highest BCUT2D eigenvalue weighted by atomic mass is 79.9. The number of rotatable bonds is 7. The lowest BCUT2D eigenvalue weighted by atomic mass is 10.1. The van der Waals surface area contributed by atoms with Gasteiger partial charge in [-0.1, -0.05) is 22.9 Å². The van der Waals surface area contributed by atoms with Crippen LogP contribution in [0.3, 0.4) is 0 Å². The Hall–Kier alpha value is -0.580. The van der Waals surface area contributed by atoms with E-state index in [0.717, 1.165) is 16.6 Å². The molecule has 0 saturated heterocycles. The Bertz CT molecular complexity index is 369. The van der Waals surface area contributed by atoms with Gasteiger partial charge in [0.25, 0.3) is 0 Å². The number of ether oxygens (including phenoxy) is 1. The molecule has 0 amide bonds. The normalized spacial score (nSPS) is 12.8. The van der Waals surface area contributed by atoms with Crippen molar-refractivity contribution < 1.29 is 9.84 Å². The summed E-state index contributed by atoms with van der Waals surface area (Å²) in [6, 6.07) is 6.12. The van der Waals surface area contributed by atoms with Gasteiger partial charge in [-0.3, -0.25) is 0 Å². The summed E-state index contributed by atoms with van der Waals surface area (Å²) in [6.45, 7) is 6.91. The van der Waals surface area contributed by atoms with Crippen LogP contribution in [-0.2, 0) is 11.2 Å². The van der Waals surface area contributed by atoms with Crippen molar-refractivity contribution in [3.05, 3.63) is 28.2 Å². The standard InChI is InChI=1S/C14H22BrNO2/c1-4-11-7-12(15)5-6-14(11)16-8-13(17)9-18-10(2)3/h5-7,10,13,16-17H,4,8-9H2,1-3H3. The molecule has 0 aliphatic rings. The fourth-order valence-corrected chi connectivity index (χ4v) is 2.03. The number of hydrogen-bond acceptors (Lipinski definition) is 3. The maximum atomic E-state index is 9.78. The first-order valence-corrected chi connectivity index (χ1v) is 7.14. The maximum absolute atomic E-state index is 9.78. The molecule has 0 bridgehead atoms. The first kappa shape index (κ1) is 15.5. The van der Waals surface area contributed by atoms with Gasteiger partial charge >= 0.3 is 0 Å². The summed E-state index contributed by atoms with van der Waals surface area (Å²) in [5, 5.41) is 13.0. The van der Waals surface area contributed by atoms with E-state index in [-0.39, 0.29) is 6.10 Å². The average molecular weight is 316 g/mol. The Labute approximate surface area is 118 Å². The quantitative estimate of drug-likeness (QED) is 0.812. The lowest BCUT2D eigenvalue weighted by Gasteiger charge is -2.16. The second-order valence-electron chi connectivity index (χ2n) is 4.57. The zero-order valence-electron chi connectivity index (χ0n) is 11.2. The minimum Gasteiger partial charge on any atom is -0.389 e. The third-order valence-corrected chi connectivity index (χ3v) is 3.09. The molecule has 0 spiro atoms. The number of benzene rings is 1. The van der Waals surface area contributed by atoms with E-state index in [9.17, 15) is 5.11 Å². The van der Waals surface area contributed by atoms with Crippen molar-refractivity contribution in [2.24, 2.45) is 0 Å². The zero-order valence-corrected chi connectivity index (χ0v) is 12.8. The highest BCUT2D eigenvalue weighted by Crippen LogP contribution is 2.21. The Balaban J connectivity index is 2.47. The van der Waals surface area contributed by atoms with Crippen molar-refractivity contribution in [2.45, 2.75) is 39.4 Å². The van der Waals surface area contributed by atoms with Crippen molar-refractivity contribution >= 4 is 21.6 Å². The molecule has 0 aliphatic heterocycles. The van der Waals surface area contributed by atoms with Crippen LogP contribution in [0.2, 0.25) is 0 Å². The molecule has 1 unspecified atom stereocenters. The third kappa shape index (κ3) is 5.38. The van der Waals surface area contributed by atoms with Gasteiger partial charge in [0.05, 0.1) is 18.8 Å². The van der Waals surface area contributed by atoms with Crippen LogP contribution < -0.4 is 5.32 Å². The smallest absolute Gasteiger partial charge is 0.0945 e. The molecule has 102 valence electrons. The molecule has 0 fully saturated rings. The molecule has 0 aliphatic carbocycles. The van der Waals surface area contributed by atoms with Crippen LogP contribution in [-0.4, -0.2) is 30.5 Å². The van der Waals surface area contributed by atoms with E-state index in [1.165, 1.54) is 5.56 Å². The van der Waals surface area contributed by atoms with Gasteiger partial charge in [0.15, 0.2) is 0 Å². The number of aryl methyl sites for hydroxylation is 1. The molecule has 1 aromatic rings. The van der Waals surface area contributed by atoms with E-state index >= 15 is 0 Å². The molecular formula is C14H22BrNO2. The summed E-state index contributed by atoms with van der Waals surface area (Å²) in [7, 11) is 0. The van der Waals surface area contributed by atoms with E-state index in [2.05, 4.69) is 34.2 Å². The largest absolute Gasteiger partial charge is 0.389 e. The first-order valence-electron chi connectivity index (χ1n) is 6.35. The number of halogens is 1. The lowest BCUT2D eigenvalue weighted by Crippen LogP contribution is -2.26. The van der Waals surface area contributed by atoms with Gasteiger partial charge in [0.2, 0.25) is 0 Å². The van der Waals surface area contributed by atoms with Crippen molar-refractivity contribution in [3.63, 3.8) is 0 Å². The summed E-state index contributed by atoms with van der Waals surface area (Å²) in [4.78, 5) is 0. The summed E-state index contributed by atoms with van der Waals surface area (Å²) in [5.41, 5.74) is 2.31. The molecule has 4 heteroatoms. The minimum atomic E-state index is -0.485. The number of anilines is 1. The topological polar surface area (TPSA) is 41.5 Å². The molecule has 1 rings (SSSR count). The third-order valence-electron chi connectivity index (χ3n) is 2.60. The van der Waals surface area contributed by atoms with E-state index in [0.29, 0.717) is 13.2 Å². The van der Waals surface area contributed by atoms with Gasteiger partial charge in [-0.15, -0.1) is 0 Å². The number of aliphatic hydroxyl groups excluding tert-OH is 1. The first-order chi connectivity index (χ1) is 8.52. The van der Waals surface area contributed by atoms with Gasteiger partial charge in [-0.2, -0.15) is 0 Å². The van der Waals surface area contributed by atoms with Crippen molar-refractivity contribution in [2.75, 3.05) is 18.5 Å². The molecule has 1 atom stereocenters. The van der Waals surface area contributed by atoms with Crippen molar-refractivity contribution in [1.29, 1.82) is 0 Å². The molecule has 0 aromatic heterocycles. The number of nitrogens with one attached hydrogen (secondary N) is 1. The van der Waals surface area contributed by atoms with Gasteiger partial charge in [0.1, 0.15) is 0 Å². The average Bonchev–Trinajstić information content (AvgIpc) is 2.34. The van der Waals surface area contributed by atoms with Crippen LogP contribution in [0.5, 0.6) is 0 Å². The van der Waals surface area contributed by atoms with E-state index in [1.807, 2.05) is 26.0 Å². The molecule has 1 aromatic carbocycles. The Morgan fingerprint density at radius 1 is 1.39 bits per heavy atom. The second kappa shape index (κ2) is 7.77. The van der Waals surface area contributed by atoms with Crippen LogP contribution in [0.4, 0.5) is 5.69 Å². The molecule has 0 saturated carbocycles. The molecule has 2 N–H and O–H groups in total. The predicted octanol–water partition coefficient (Wildman–Crippen LogP) is 3.21. The molecular weight excluding hydrogens is 294 g/mol. The zero-order chi connectivity index (χ0) is 13.5. The monoisotopic (exact) mass is 315 g/mol. The molecule has 0 heterocycles. The summed E-state index contributed by atoms with van der Waals surface area (Å²) >= 11 is 3.46. The van der Waals surface area contributed by atoms with E-state index in [4.69, 9.17) is 4.74 Å². The Morgan fingerprint density at radius 2 is 2.11 bits per heavy atom. The molecule has 0 radical (unpaired) electrons. The summed E-state index contributed by atoms with van der Waals surface area (Å²) < 4.78 is 6.45.